The van der Waals surface area contributed by atoms with Crippen molar-refractivity contribution in [2.24, 2.45) is 0 Å². The van der Waals surface area contributed by atoms with Gasteiger partial charge >= 0.3 is 0 Å². The summed E-state index contributed by atoms with van der Waals surface area (Å²) in [4.78, 5) is 10.1. The van der Waals surface area contributed by atoms with E-state index in [1.807, 2.05) is 0 Å². The number of hydrogen-bond donors (Lipinski definition) is 0. The van der Waals surface area contributed by atoms with Crippen LogP contribution in [0.3, 0.4) is 0 Å². The second-order valence-electron chi connectivity index (χ2n) is 3.83. The average Bonchev–Trinajstić information content (AvgIpc) is 2.61. The van der Waals surface area contributed by atoms with Gasteiger partial charge in [0, 0.05) is 11.8 Å². The normalized spacial score (nSPS) is 10.7. The Morgan fingerprint density at radius 2 is 2.00 bits per heavy atom. The Kier molecular flexibility index (Phi) is 2.82. The van der Waals surface area contributed by atoms with E-state index in [9.17, 15) is 18.9 Å². The van der Waals surface area contributed by atoms with Gasteiger partial charge in [-0.05, 0) is 26.0 Å². The van der Waals surface area contributed by atoms with Gasteiger partial charge in [0.15, 0.2) is 17.3 Å². The largest absolute Gasteiger partial charge is 0.298 e. The molecule has 0 aliphatic heterocycles. The Morgan fingerprint density at radius 1 is 1.33 bits per heavy atom. The highest BCUT2D eigenvalue weighted by molar-refractivity contribution is 5.54. The van der Waals surface area contributed by atoms with Gasteiger partial charge in [-0.15, -0.1) is 0 Å². The van der Waals surface area contributed by atoms with Crippen molar-refractivity contribution in [3.8, 4) is 5.69 Å². The third-order valence-corrected chi connectivity index (χ3v) is 2.47. The van der Waals surface area contributed by atoms with E-state index < -0.39 is 27.9 Å². The van der Waals surface area contributed by atoms with Gasteiger partial charge in [0.1, 0.15) is 0 Å². The summed E-state index contributed by atoms with van der Waals surface area (Å²) in [7, 11) is 0. The lowest BCUT2D eigenvalue weighted by molar-refractivity contribution is -0.384. The summed E-state index contributed by atoms with van der Waals surface area (Å²) >= 11 is 0. The summed E-state index contributed by atoms with van der Waals surface area (Å²) in [5.41, 5.74) is 0.0382. The first-order chi connectivity index (χ1) is 8.41. The quantitative estimate of drug-likeness (QED) is 0.610. The predicted octanol–water partition coefficient (Wildman–Crippen LogP) is 2.68. The topological polar surface area (TPSA) is 61.0 Å². The Hall–Kier alpha value is -2.31. The first-order valence-corrected chi connectivity index (χ1v) is 5.08. The molecule has 1 aromatic heterocycles. The maximum atomic E-state index is 13.8. The van der Waals surface area contributed by atoms with Crippen molar-refractivity contribution in [3.63, 3.8) is 0 Å². The molecule has 0 radical (unpaired) electrons. The molecule has 0 saturated carbocycles. The van der Waals surface area contributed by atoms with Crippen LogP contribution in [0.2, 0.25) is 0 Å². The third-order valence-electron chi connectivity index (χ3n) is 2.47. The van der Waals surface area contributed by atoms with Crippen molar-refractivity contribution < 1.29 is 13.7 Å². The molecule has 0 saturated heterocycles. The molecule has 0 unspecified atom stereocenters. The minimum atomic E-state index is -1.28. The van der Waals surface area contributed by atoms with Crippen molar-refractivity contribution in [1.29, 1.82) is 0 Å². The number of nitro groups is 1. The number of nitro benzene ring substituents is 1. The number of hydrogen-bond acceptors (Lipinski definition) is 3. The molecule has 0 bridgehead atoms. The average molecular weight is 253 g/mol. The van der Waals surface area contributed by atoms with E-state index >= 15 is 0 Å². The molecule has 2 aromatic rings. The molecular weight excluding hydrogens is 244 g/mol. The molecule has 94 valence electrons. The minimum Gasteiger partial charge on any atom is -0.258 e. The van der Waals surface area contributed by atoms with Crippen LogP contribution in [0, 0.1) is 35.6 Å². The summed E-state index contributed by atoms with van der Waals surface area (Å²) in [6, 6.07) is 3.26. The summed E-state index contributed by atoms with van der Waals surface area (Å²) in [5.74, 6) is -2.43. The molecule has 2 rings (SSSR count). The second kappa shape index (κ2) is 4.17. The lowest BCUT2D eigenvalue weighted by Gasteiger charge is -2.07. The van der Waals surface area contributed by atoms with Gasteiger partial charge in [-0.3, -0.25) is 10.1 Å². The monoisotopic (exact) mass is 253 g/mol. The van der Waals surface area contributed by atoms with Gasteiger partial charge in [0.05, 0.1) is 10.6 Å². The van der Waals surface area contributed by atoms with Crippen molar-refractivity contribution >= 4 is 5.69 Å². The van der Waals surface area contributed by atoms with E-state index in [1.54, 1.807) is 19.9 Å². The summed E-state index contributed by atoms with van der Waals surface area (Å²) in [6.45, 7) is 3.26. The van der Waals surface area contributed by atoms with E-state index in [-0.39, 0.29) is 0 Å². The van der Waals surface area contributed by atoms with E-state index in [1.165, 1.54) is 0 Å². The first kappa shape index (κ1) is 12.2. The van der Waals surface area contributed by atoms with Crippen LogP contribution in [0.15, 0.2) is 18.2 Å². The number of halogens is 2. The van der Waals surface area contributed by atoms with E-state index in [2.05, 4.69) is 5.10 Å². The number of nitrogens with zero attached hydrogens (tertiary/aromatic N) is 3. The third kappa shape index (κ3) is 1.83. The van der Waals surface area contributed by atoms with Crippen molar-refractivity contribution in [1.82, 2.24) is 9.78 Å². The van der Waals surface area contributed by atoms with Crippen LogP contribution in [0.5, 0.6) is 0 Å². The lowest BCUT2D eigenvalue weighted by Crippen LogP contribution is -2.08. The summed E-state index contributed by atoms with van der Waals surface area (Å²) < 4.78 is 28.0. The van der Waals surface area contributed by atoms with Crippen LogP contribution in [0.4, 0.5) is 14.5 Å². The smallest absolute Gasteiger partial charge is 0.258 e. The van der Waals surface area contributed by atoms with Crippen LogP contribution >= 0.6 is 0 Å². The van der Waals surface area contributed by atoms with Crippen molar-refractivity contribution in [3.05, 3.63) is 51.3 Å². The zero-order valence-electron chi connectivity index (χ0n) is 9.65. The molecule has 0 aliphatic carbocycles. The van der Waals surface area contributed by atoms with Gasteiger partial charge in [-0.1, -0.05) is 0 Å². The van der Waals surface area contributed by atoms with E-state index in [0.717, 1.165) is 16.8 Å². The molecule has 7 heteroatoms. The van der Waals surface area contributed by atoms with Crippen LogP contribution in [0.25, 0.3) is 5.69 Å². The fourth-order valence-corrected chi connectivity index (χ4v) is 1.73. The Labute approximate surface area is 101 Å². The SMILES string of the molecule is Cc1cc(C)n(-c2c([N+](=O)[O-])ccc(F)c2F)n1. The minimum absolute atomic E-state index is 0.481. The first-order valence-electron chi connectivity index (χ1n) is 5.08. The Balaban J connectivity index is 2.80. The number of aromatic nitrogens is 2. The highest BCUT2D eigenvalue weighted by atomic mass is 19.2. The van der Waals surface area contributed by atoms with E-state index in [4.69, 9.17) is 0 Å². The molecule has 1 heterocycles. The van der Waals surface area contributed by atoms with Gasteiger partial charge in [0.2, 0.25) is 0 Å². The number of aryl methyl sites for hydroxylation is 2. The molecule has 0 aliphatic rings. The molecule has 18 heavy (non-hydrogen) atoms. The zero-order valence-corrected chi connectivity index (χ0v) is 9.65. The number of benzene rings is 1. The molecule has 0 atom stereocenters. The lowest BCUT2D eigenvalue weighted by atomic mass is 10.2. The van der Waals surface area contributed by atoms with Crippen LogP contribution in [-0.4, -0.2) is 14.7 Å². The van der Waals surface area contributed by atoms with Gasteiger partial charge in [-0.2, -0.15) is 5.10 Å². The highest BCUT2D eigenvalue weighted by Gasteiger charge is 2.24. The zero-order chi connectivity index (χ0) is 13.4. The number of rotatable bonds is 2. The standard InChI is InChI=1S/C11H9F2N3O2/c1-6-5-7(2)15(14-6)11-9(16(17)18)4-3-8(12)10(11)13/h3-5H,1-2H3. The van der Waals surface area contributed by atoms with Gasteiger partial charge < -0.3 is 0 Å². The molecular formula is C11H9F2N3O2. The van der Waals surface area contributed by atoms with Crippen LogP contribution < -0.4 is 0 Å². The molecule has 1 aromatic carbocycles. The maximum absolute atomic E-state index is 13.8. The fourth-order valence-electron chi connectivity index (χ4n) is 1.73. The van der Waals surface area contributed by atoms with Crippen molar-refractivity contribution in [2.75, 3.05) is 0 Å². The summed E-state index contributed by atoms with van der Waals surface area (Å²) in [5, 5.41) is 14.8. The van der Waals surface area contributed by atoms with E-state index in [0.29, 0.717) is 11.4 Å². The Morgan fingerprint density at radius 3 is 2.50 bits per heavy atom. The maximum Gasteiger partial charge on any atom is 0.298 e. The molecule has 0 spiro atoms. The molecule has 0 N–H and O–H groups in total. The Bertz CT molecular complexity index is 637. The van der Waals surface area contributed by atoms with Crippen molar-refractivity contribution in [2.45, 2.75) is 13.8 Å². The van der Waals surface area contributed by atoms with Gasteiger partial charge in [0.25, 0.3) is 5.69 Å². The van der Waals surface area contributed by atoms with Crippen LogP contribution in [0.1, 0.15) is 11.4 Å². The molecule has 0 amide bonds. The van der Waals surface area contributed by atoms with Crippen LogP contribution in [-0.2, 0) is 0 Å². The highest BCUT2D eigenvalue weighted by Crippen LogP contribution is 2.28. The second-order valence-corrected chi connectivity index (χ2v) is 3.83. The van der Waals surface area contributed by atoms with Gasteiger partial charge in [-0.25, -0.2) is 13.5 Å². The molecule has 5 nitrogen and oxygen atoms in total. The fraction of sp³-hybridized carbons (Fsp3) is 0.182. The molecule has 0 fully saturated rings. The predicted molar refractivity (Wildman–Crippen MR) is 59.6 cm³/mol. The summed E-state index contributed by atoms with van der Waals surface area (Å²) in [6.07, 6.45) is 0.